The van der Waals surface area contributed by atoms with Gasteiger partial charge in [0, 0.05) is 33.3 Å². The SMILES string of the molecule is CNC(=O)C(C)(C)CNC(=O)c1ccc(N(C)C)c(N)c1. The third-order valence-corrected chi connectivity index (χ3v) is 3.30. The highest BCUT2D eigenvalue weighted by molar-refractivity contribution is 5.96. The maximum absolute atomic E-state index is 12.1. The molecule has 1 aromatic carbocycles. The molecular weight excluding hydrogens is 268 g/mol. The zero-order valence-corrected chi connectivity index (χ0v) is 13.3. The van der Waals surface area contributed by atoms with E-state index >= 15 is 0 Å². The van der Waals surface area contributed by atoms with Gasteiger partial charge in [-0.2, -0.15) is 0 Å². The van der Waals surface area contributed by atoms with E-state index < -0.39 is 5.41 Å². The molecule has 6 heteroatoms. The van der Waals surface area contributed by atoms with E-state index in [1.54, 1.807) is 39.1 Å². The van der Waals surface area contributed by atoms with Crippen LogP contribution in [-0.2, 0) is 4.79 Å². The summed E-state index contributed by atoms with van der Waals surface area (Å²) >= 11 is 0. The molecule has 4 N–H and O–H groups in total. The highest BCUT2D eigenvalue weighted by Gasteiger charge is 2.27. The lowest BCUT2D eigenvalue weighted by molar-refractivity contribution is -0.128. The quantitative estimate of drug-likeness (QED) is 0.702. The lowest BCUT2D eigenvalue weighted by atomic mass is 9.92. The van der Waals surface area contributed by atoms with Crippen molar-refractivity contribution in [3.63, 3.8) is 0 Å². The van der Waals surface area contributed by atoms with Gasteiger partial charge in [0.15, 0.2) is 0 Å². The number of nitrogens with zero attached hydrogens (tertiary/aromatic N) is 1. The van der Waals surface area contributed by atoms with Crippen LogP contribution in [0.15, 0.2) is 18.2 Å². The largest absolute Gasteiger partial charge is 0.397 e. The molecule has 0 heterocycles. The van der Waals surface area contributed by atoms with Gasteiger partial charge < -0.3 is 21.3 Å². The average Bonchev–Trinajstić information content (AvgIpc) is 2.43. The zero-order valence-electron chi connectivity index (χ0n) is 13.3. The molecule has 0 radical (unpaired) electrons. The first-order valence-corrected chi connectivity index (χ1v) is 6.76. The number of hydrogen-bond donors (Lipinski definition) is 3. The Labute approximate surface area is 125 Å². The summed E-state index contributed by atoms with van der Waals surface area (Å²) in [5.74, 6) is -0.366. The van der Waals surface area contributed by atoms with Crippen LogP contribution in [0.1, 0.15) is 24.2 Å². The molecule has 0 bridgehead atoms. The van der Waals surface area contributed by atoms with E-state index in [2.05, 4.69) is 10.6 Å². The number of carbonyl (C=O) groups excluding carboxylic acids is 2. The Morgan fingerprint density at radius 1 is 1.29 bits per heavy atom. The van der Waals surface area contributed by atoms with Gasteiger partial charge in [-0.25, -0.2) is 0 Å². The molecule has 0 unspecified atom stereocenters. The lowest BCUT2D eigenvalue weighted by Gasteiger charge is -2.23. The molecule has 0 atom stereocenters. The Morgan fingerprint density at radius 3 is 2.38 bits per heavy atom. The van der Waals surface area contributed by atoms with Crippen molar-refractivity contribution in [1.29, 1.82) is 0 Å². The molecule has 1 aromatic rings. The molecular formula is C15H24N4O2. The molecule has 0 saturated carbocycles. The highest BCUT2D eigenvalue weighted by Crippen LogP contribution is 2.22. The number of anilines is 2. The molecule has 0 aliphatic carbocycles. The third kappa shape index (κ3) is 4.11. The van der Waals surface area contributed by atoms with E-state index in [9.17, 15) is 9.59 Å². The minimum atomic E-state index is -0.667. The van der Waals surface area contributed by atoms with Crippen molar-refractivity contribution in [2.45, 2.75) is 13.8 Å². The van der Waals surface area contributed by atoms with E-state index in [0.717, 1.165) is 5.69 Å². The van der Waals surface area contributed by atoms with E-state index in [4.69, 9.17) is 5.73 Å². The van der Waals surface area contributed by atoms with Gasteiger partial charge in [0.05, 0.1) is 16.8 Å². The number of nitrogen functional groups attached to an aromatic ring is 1. The summed E-state index contributed by atoms with van der Waals surface area (Å²) < 4.78 is 0. The van der Waals surface area contributed by atoms with Crippen LogP contribution in [0.5, 0.6) is 0 Å². The monoisotopic (exact) mass is 292 g/mol. The molecule has 0 aliphatic heterocycles. The van der Waals surface area contributed by atoms with E-state index in [1.165, 1.54) is 0 Å². The maximum atomic E-state index is 12.1. The van der Waals surface area contributed by atoms with Crippen LogP contribution >= 0.6 is 0 Å². The Kier molecular flexibility index (Phi) is 5.18. The minimum absolute atomic E-state index is 0.120. The van der Waals surface area contributed by atoms with Gasteiger partial charge >= 0.3 is 0 Å². The topological polar surface area (TPSA) is 87.5 Å². The molecule has 0 aliphatic rings. The van der Waals surface area contributed by atoms with Gasteiger partial charge in [0.2, 0.25) is 5.91 Å². The van der Waals surface area contributed by atoms with Gasteiger partial charge in [0.25, 0.3) is 5.91 Å². The summed E-state index contributed by atoms with van der Waals surface area (Å²) in [6.45, 7) is 3.80. The fourth-order valence-corrected chi connectivity index (χ4v) is 1.93. The van der Waals surface area contributed by atoms with Crippen LogP contribution < -0.4 is 21.3 Å². The average molecular weight is 292 g/mol. The number of amides is 2. The number of carbonyl (C=O) groups is 2. The lowest BCUT2D eigenvalue weighted by Crippen LogP contribution is -2.43. The van der Waals surface area contributed by atoms with Crippen molar-refractivity contribution in [3.05, 3.63) is 23.8 Å². The fourth-order valence-electron chi connectivity index (χ4n) is 1.93. The summed E-state index contributed by atoms with van der Waals surface area (Å²) in [6.07, 6.45) is 0. The first-order chi connectivity index (χ1) is 9.69. The van der Waals surface area contributed by atoms with Gasteiger partial charge in [0.1, 0.15) is 0 Å². The van der Waals surface area contributed by atoms with Crippen molar-refractivity contribution in [1.82, 2.24) is 10.6 Å². The van der Waals surface area contributed by atoms with Gasteiger partial charge in [-0.1, -0.05) is 0 Å². The maximum Gasteiger partial charge on any atom is 0.251 e. The fraction of sp³-hybridized carbons (Fsp3) is 0.467. The molecule has 21 heavy (non-hydrogen) atoms. The molecule has 0 aromatic heterocycles. The molecule has 116 valence electrons. The number of nitrogens with one attached hydrogen (secondary N) is 2. The number of benzene rings is 1. The van der Waals surface area contributed by atoms with Crippen LogP contribution in [0, 0.1) is 5.41 Å². The second kappa shape index (κ2) is 6.47. The summed E-state index contributed by atoms with van der Waals surface area (Å²) in [4.78, 5) is 25.7. The standard InChI is InChI=1S/C15H24N4O2/c1-15(2,14(21)17-3)9-18-13(20)10-6-7-12(19(4)5)11(16)8-10/h6-8H,9,16H2,1-5H3,(H,17,21)(H,18,20). The van der Waals surface area contributed by atoms with E-state index in [1.807, 2.05) is 19.0 Å². The second-order valence-electron chi connectivity index (χ2n) is 5.81. The Hall–Kier alpha value is -2.24. The minimum Gasteiger partial charge on any atom is -0.397 e. The second-order valence-corrected chi connectivity index (χ2v) is 5.81. The van der Waals surface area contributed by atoms with Crippen molar-refractivity contribution in [2.75, 3.05) is 38.3 Å². The van der Waals surface area contributed by atoms with E-state index in [-0.39, 0.29) is 18.4 Å². The predicted octanol–water partition coefficient (Wildman–Crippen LogP) is 0.837. The third-order valence-electron chi connectivity index (χ3n) is 3.30. The first kappa shape index (κ1) is 16.8. The van der Waals surface area contributed by atoms with Gasteiger partial charge in [-0.3, -0.25) is 9.59 Å². The van der Waals surface area contributed by atoms with Crippen LogP contribution in [0.4, 0.5) is 11.4 Å². The van der Waals surface area contributed by atoms with Crippen LogP contribution in [0.25, 0.3) is 0 Å². The van der Waals surface area contributed by atoms with Gasteiger partial charge in [-0.15, -0.1) is 0 Å². The summed E-state index contributed by atoms with van der Waals surface area (Å²) in [7, 11) is 5.35. The van der Waals surface area contributed by atoms with Crippen LogP contribution in [0.3, 0.4) is 0 Å². The van der Waals surface area contributed by atoms with Crippen LogP contribution in [0.2, 0.25) is 0 Å². The normalized spacial score (nSPS) is 10.9. The first-order valence-electron chi connectivity index (χ1n) is 6.76. The Bertz CT molecular complexity index is 538. The predicted molar refractivity (Wildman–Crippen MR) is 85.4 cm³/mol. The molecule has 2 amide bonds. The van der Waals surface area contributed by atoms with Crippen molar-refractivity contribution >= 4 is 23.2 Å². The molecule has 0 spiro atoms. The zero-order chi connectivity index (χ0) is 16.2. The Balaban J connectivity index is 2.77. The van der Waals surface area contributed by atoms with Crippen molar-refractivity contribution in [3.8, 4) is 0 Å². The highest BCUT2D eigenvalue weighted by atomic mass is 16.2. The van der Waals surface area contributed by atoms with Gasteiger partial charge in [-0.05, 0) is 32.0 Å². The molecule has 0 saturated heterocycles. The molecule has 0 fully saturated rings. The van der Waals surface area contributed by atoms with E-state index in [0.29, 0.717) is 11.3 Å². The summed E-state index contributed by atoms with van der Waals surface area (Å²) in [5.41, 5.74) is 7.14. The molecule has 1 rings (SSSR count). The van der Waals surface area contributed by atoms with Crippen LogP contribution in [-0.4, -0.2) is 39.5 Å². The van der Waals surface area contributed by atoms with Crippen molar-refractivity contribution < 1.29 is 9.59 Å². The summed E-state index contributed by atoms with van der Waals surface area (Å²) in [6, 6.07) is 5.15. The Morgan fingerprint density at radius 2 is 1.90 bits per heavy atom. The number of rotatable bonds is 5. The number of hydrogen-bond acceptors (Lipinski definition) is 4. The van der Waals surface area contributed by atoms with Crippen molar-refractivity contribution in [2.24, 2.45) is 5.41 Å². The smallest absolute Gasteiger partial charge is 0.251 e. The molecule has 6 nitrogen and oxygen atoms in total. The summed E-state index contributed by atoms with van der Waals surface area (Å²) in [5, 5.41) is 5.34. The number of nitrogens with two attached hydrogens (primary N) is 1.